The molecule has 0 aliphatic carbocycles. The minimum atomic E-state index is -0.451. The number of halogens is 1. The molecule has 1 rings (SSSR count). The van der Waals surface area contributed by atoms with Gasteiger partial charge in [-0.05, 0) is 31.5 Å². The van der Waals surface area contributed by atoms with Crippen molar-refractivity contribution in [2.45, 2.75) is 13.3 Å². The summed E-state index contributed by atoms with van der Waals surface area (Å²) in [7, 11) is 1.64. The standard InChI is InChI=1S/C14H19FO4/c1-11(16)13-10-12(15)4-5-14(13)19-9-8-18-7-3-6-17-2/h4-5,10H,3,6-9H2,1-2H3. The van der Waals surface area contributed by atoms with E-state index >= 15 is 0 Å². The number of ether oxygens (including phenoxy) is 3. The van der Waals surface area contributed by atoms with Gasteiger partial charge >= 0.3 is 0 Å². The van der Waals surface area contributed by atoms with Gasteiger partial charge in [0, 0.05) is 20.3 Å². The highest BCUT2D eigenvalue weighted by Crippen LogP contribution is 2.20. The van der Waals surface area contributed by atoms with E-state index in [9.17, 15) is 9.18 Å². The highest BCUT2D eigenvalue weighted by Gasteiger charge is 2.09. The maximum Gasteiger partial charge on any atom is 0.163 e. The molecule has 0 heterocycles. The zero-order valence-electron chi connectivity index (χ0n) is 11.3. The summed E-state index contributed by atoms with van der Waals surface area (Å²) < 4.78 is 28.6. The maximum absolute atomic E-state index is 13.0. The summed E-state index contributed by atoms with van der Waals surface area (Å²) in [6, 6.07) is 3.90. The van der Waals surface area contributed by atoms with E-state index in [-0.39, 0.29) is 11.3 Å². The number of carbonyl (C=O) groups is 1. The van der Waals surface area contributed by atoms with Crippen LogP contribution in [0, 0.1) is 5.82 Å². The quantitative estimate of drug-likeness (QED) is 0.511. The van der Waals surface area contributed by atoms with Crippen molar-refractivity contribution in [1.29, 1.82) is 0 Å². The number of rotatable bonds is 9. The Kier molecular flexibility index (Phi) is 7.07. The molecule has 5 heteroatoms. The molecule has 0 bridgehead atoms. The molecule has 0 fully saturated rings. The maximum atomic E-state index is 13.0. The van der Waals surface area contributed by atoms with Crippen LogP contribution in [-0.4, -0.2) is 39.3 Å². The summed E-state index contributed by atoms with van der Waals surface area (Å²) in [6.07, 6.45) is 0.825. The molecule has 106 valence electrons. The summed E-state index contributed by atoms with van der Waals surface area (Å²) in [4.78, 5) is 11.3. The molecule has 1 aromatic rings. The summed E-state index contributed by atoms with van der Waals surface area (Å²) in [5, 5.41) is 0. The number of methoxy groups -OCH3 is 1. The number of ketones is 1. The van der Waals surface area contributed by atoms with E-state index in [0.717, 1.165) is 6.42 Å². The fourth-order valence-corrected chi connectivity index (χ4v) is 1.52. The Labute approximate surface area is 112 Å². The van der Waals surface area contributed by atoms with Crippen LogP contribution in [0.2, 0.25) is 0 Å². The first-order chi connectivity index (χ1) is 9.15. The summed E-state index contributed by atoms with van der Waals surface area (Å²) in [5.74, 6) is -0.293. The Morgan fingerprint density at radius 1 is 1.21 bits per heavy atom. The van der Waals surface area contributed by atoms with Crippen molar-refractivity contribution in [3.63, 3.8) is 0 Å². The normalized spacial score (nSPS) is 10.5. The van der Waals surface area contributed by atoms with E-state index in [2.05, 4.69) is 0 Å². The number of carbonyl (C=O) groups excluding carboxylic acids is 1. The Morgan fingerprint density at radius 3 is 2.68 bits per heavy atom. The lowest BCUT2D eigenvalue weighted by molar-refractivity contribution is 0.0799. The van der Waals surface area contributed by atoms with Crippen molar-refractivity contribution in [2.24, 2.45) is 0 Å². The van der Waals surface area contributed by atoms with Gasteiger partial charge in [0.25, 0.3) is 0 Å². The SMILES string of the molecule is COCCCOCCOc1ccc(F)cc1C(C)=O. The molecule has 4 nitrogen and oxygen atoms in total. The average molecular weight is 270 g/mol. The molecule has 0 saturated heterocycles. The summed E-state index contributed by atoms with van der Waals surface area (Å²) in [5.41, 5.74) is 0.249. The molecule has 0 spiro atoms. The first-order valence-corrected chi connectivity index (χ1v) is 6.15. The van der Waals surface area contributed by atoms with E-state index in [1.165, 1.54) is 25.1 Å². The monoisotopic (exact) mass is 270 g/mol. The first kappa shape index (κ1) is 15.6. The first-order valence-electron chi connectivity index (χ1n) is 6.15. The third-order valence-corrected chi connectivity index (χ3v) is 2.44. The van der Waals surface area contributed by atoms with E-state index in [0.29, 0.717) is 32.2 Å². The molecule has 0 N–H and O–H groups in total. The number of hydrogen-bond acceptors (Lipinski definition) is 4. The van der Waals surface area contributed by atoms with Gasteiger partial charge in [0.05, 0.1) is 12.2 Å². The van der Waals surface area contributed by atoms with Crippen LogP contribution in [0.5, 0.6) is 5.75 Å². The van der Waals surface area contributed by atoms with Gasteiger partial charge in [0.1, 0.15) is 18.2 Å². The molecule has 1 aromatic carbocycles. The second-order valence-corrected chi connectivity index (χ2v) is 4.00. The molecule has 0 aliphatic rings. The van der Waals surface area contributed by atoms with Gasteiger partial charge < -0.3 is 14.2 Å². The predicted octanol–water partition coefficient (Wildman–Crippen LogP) is 2.46. The van der Waals surface area contributed by atoms with Crippen molar-refractivity contribution < 1.29 is 23.4 Å². The lowest BCUT2D eigenvalue weighted by atomic mass is 10.1. The summed E-state index contributed by atoms with van der Waals surface area (Å²) >= 11 is 0. The van der Waals surface area contributed by atoms with Crippen LogP contribution in [0.4, 0.5) is 4.39 Å². The Balaban J connectivity index is 2.35. The number of benzene rings is 1. The molecule has 0 atom stereocenters. The van der Waals surface area contributed by atoms with Crippen molar-refractivity contribution >= 4 is 5.78 Å². The molecule has 0 radical (unpaired) electrons. The molecule has 0 amide bonds. The topological polar surface area (TPSA) is 44.8 Å². The Bertz CT molecular complexity index is 406. The zero-order chi connectivity index (χ0) is 14.1. The van der Waals surface area contributed by atoms with Crippen LogP contribution >= 0.6 is 0 Å². The van der Waals surface area contributed by atoms with Crippen LogP contribution in [0.1, 0.15) is 23.7 Å². The lowest BCUT2D eigenvalue weighted by Gasteiger charge is -2.10. The average Bonchev–Trinajstić information content (AvgIpc) is 2.39. The lowest BCUT2D eigenvalue weighted by Crippen LogP contribution is -2.10. The molecular weight excluding hydrogens is 251 g/mol. The van der Waals surface area contributed by atoms with Crippen molar-refractivity contribution in [3.05, 3.63) is 29.6 Å². The number of Topliss-reactive ketones (excluding diaryl/α,β-unsaturated/α-hetero) is 1. The van der Waals surface area contributed by atoms with Gasteiger partial charge in [-0.1, -0.05) is 0 Å². The van der Waals surface area contributed by atoms with E-state index < -0.39 is 5.82 Å². The highest BCUT2D eigenvalue weighted by atomic mass is 19.1. The second kappa shape index (κ2) is 8.61. The molecule has 0 saturated carbocycles. The molecular formula is C14H19FO4. The molecule has 0 aliphatic heterocycles. The van der Waals surface area contributed by atoms with Crippen molar-refractivity contribution in [2.75, 3.05) is 33.5 Å². The number of hydrogen-bond donors (Lipinski definition) is 0. The van der Waals surface area contributed by atoms with Gasteiger partial charge in [-0.25, -0.2) is 4.39 Å². The van der Waals surface area contributed by atoms with Gasteiger partial charge in [-0.2, -0.15) is 0 Å². The molecule has 0 unspecified atom stereocenters. The third-order valence-electron chi connectivity index (χ3n) is 2.44. The third kappa shape index (κ3) is 5.81. The van der Waals surface area contributed by atoms with E-state index in [4.69, 9.17) is 14.2 Å². The minimum absolute atomic E-state index is 0.226. The Morgan fingerprint density at radius 2 is 2.00 bits per heavy atom. The van der Waals surface area contributed by atoms with Gasteiger partial charge in [0.2, 0.25) is 0 Å². The van der Waals surface area contributed by atoms with Gasteiger partial charge in [0.15, 0.2) is 5.78 Å². The fraction of sp³-hybridized carbons (Fsp3) is 0.500. The Hall–Kier alpha value is -1.46. The van der Waals surface area contributed by atoms with Crippen LogP contribution in [0.15, 0.2) is 18.2 Å². The smallest absolute Gasteiger partial charge is 0.163 e. The van der Waals surface area contributed by atoms with E-state index in [1.54, 1.807) is 7.11 Å². The zero-order valence-corrected chi connectivity index (χ0v) is 11.3. The largest absolute Gasteiger partial charge is 0.490 e. The predicted molar refractivity (Wildman–Crippen MR) is 69.2 cm³/mol. The highest BCUT2D eigenvalue weighted by molar-refractivity contribution is 5.96. The van der Waals surface area contributed by atoms with Crippen LogP contribution < -0.4 is 4.74 Å². The van der Waals surface area contributed by atoms with Crippen LogP contribution in [0.25, 0.3) is 0 Å². The van der Waals surface area contributed by atoms with Crippen LogP contribution in [0.3, 0.4) is 0 Å². The van der Waals surface area contributed by atoms with Gasteiger partial charge in [-0.3, -0.25) is 4.79 Å². The second-order valence-electron chi connectivity index (χ2n) is 4.00. The van der Waals surface area contributed by atoms with Crippen LogP contribution in [-0.2, 0) is 9.47 Å². The van der Waals surface area contributed by atoms with Gasteiger partial charge in [-0.15, -0.1) is 0 Å². The molecule has 0 aromatic heterocycles. The van der Waals surface area contributed by atoms with Crippen molar-refractivity contribution in [3.8, 4) is 5.75 Å². The van der Waals surface area contributed by atoms with E-state index in [1.807, 2.05) is 0 Å². The molecule has 19 heavy (non-hydrogen) atoms. The minimum Gasteiger partial charge on any atom is -0.490 e. The summed E-state index contributed by atoms with van der Waals surface area (Å²) in [6.45, 7) is 3.37. The fourth-order valence-electron chi connectivity index (χ4n) is 1.52. The van der Waals surface area contributed by atoms with Crippen molar-refractivity contribution in [1.82, 2.24) is 0 Å².